The molecule has 0 aromatic heterocycles. The Morgan fingerprint density at radius 2 is 1.73 bits per heavy atom. The lowest BCUT2D eigenvalue weighted by Gasteiger charge is -2.25. The van der Waals surface area contributed by atoms with Gasteiger partial charge < -0.3 is 5.73 Å². The van der Waals surface area contributed by atoms with Gasteiger partial charge in [-0.25, -0.2) is 0 Å². The number of benzene rings is 1. The highest BCUT2D eigenvalue weighted by Crippen LogP contribution is 2.23. The molecule has 0 aliphatic carbocycles. The van der Waals surface area contributed by atoms with Gasteiger partial charge in [0.2, 0.25) is 0 Å². The van der Waals surface area contributed by atoms with Gasteiger partial charge in [0.15, 0.2) is 0 Å². The number of hydrogen-bond acceptors (Lipinski definition) is 1. The molecule has 15 heavy (non-hydrogen) atoms. The topological polar surface area (TPSA) is 38.4 Å². The van der Waals surface area contributed by atoms with E-state index in [1.165, 1.54) is 5.56 Å². The highest BCUT2D eigenvalue weighted by molar-refractivity contribution is 5.91. The smallest absolute Gasteiger partial charge is 0.104 e. The molecule has 0 aliphatic heterocycles. The second kappa shape index (κ2) is 4.47. The van der Waals surface area contributed by atoms with Gasteiger partial charge in [-0.1, -0.05) is 30.3 Å². The molecular formula is C13H20N2. The van der Waals surface area contributed by atoms with Gasteiger partial charge in [-0.3, -0.25) is 4.99 Å². The predicted octanol–water partition coefficient (Wildman–Crippen LogP) is 2.73. The highest BCUT2D eigenvalue weighted by atomic mass is 14.9. The van der Waals surface area contributed by atoms with Crippen LogP contribution in [0.4, 0.5) is 0 Å². The monoisotopic (exact) mass is 204 g/mol. The molecule has 82 valence electrons. The maximum Gasteiger partial charge on any atom is 0.104 e. The van der Waals surface area contributed by atoms with Crippen LogP contribution in [0.1, 0.15) is 33.3 Å². The molecule has 0 atom stereocenters. The molecule has 0 fully saturated rings. The number of hydrogen-bond donors (Lipinski definition) is 1. The van der Waals surface area contributed by atoms with Crippen molar-refractivity contribution in [3.05, 3.63) is 35.9 Å². The highest BCUT2D eigenvalue weighted by Gasteiger charge is 2.24. The largest absolute Gasteiger partial charge is 0.387 e. The summed E-state index contributed by atoms with van der Waals surface area (Å²) in [7, 11) is 0. The number of aliphatic imine (C=N–C) groups is 1. The first-order valence-electron chi connectivity index (χ1n) is 5.34. The fourth-order valence-electron chi connectivity index (χ4n) is 1.44. The van der Waals surface area contributed by atoms with E-state index in [1.807, 2.05) is 32.0 Å². The van der Waals surface area contributed by atoms with Crippen molar-refractivity contribution in [2.45, 2.75) is 39.2 Å². The van der Waals surface area contributed by atoms with Gasteiger partial charge >= 0.3 is 0 Å². The summed E-state index contributed by atoms with van der Waals surface area (Å²) in [5.74, 6) is 0.698. The molecule has 1 aromatic rings. The van der Waals surface area contributed by atoms with Crippen molar-refractivity contribution >= 4 is 5.84 Å². The molecule has 0 aliphatic rings. The minimum atomic E-state index is -0.189. The van der Waals surface area contributed by atoms with Gasteiger partial charge in [-0.15, -0.1) is 0 Å². The van der Waals surface area contributed by atoms with Gasteiger partial charge in [0.05, 0.1) is 0 Å². The third kappa shape index (κ3) is 2.82. The van der Waals surface area contributed by atoms with Crippen molar-refractivity contribution in [3.8, 4) is 0 Å². The first-order valence-corrected chi connectivity index (χ1v) is 5.34. The minimum absolute atomic E-state index is 0.189. The lowest BCUT2D eigenvalue weighted by atomic mass is 9.83. The zero-order valence-corrected chi connectivity index (χ0v) is 9.99. The molecular weight excluding hydrogens is 184 g/mol. The summed E-state index contributed by atoms with van der Waals surface area (Å²) in [6.45, 7) is 8.27. The Bertz CT molecular complexity index is 337. The van der Waals surface area contributed by atoms with E-state index in [0.29, 0.717) is 5.84 Å². The Labute approximate surface area is 92.2 Å². The van der Waals surface area contributed by atoms with Crippen LogP contribution < -0.4 is 5.73 Å². The van der Waals surface area contributed by atoms with Crippen molar-refractivity contribution < 1.29 is 0 Å². The van der Waals surface area contributed by atoms with Gasteiger partial charge in [0, 0.05) is 11.5 Å². The van der Waals surface area contributed by atoms with E-state index in [2.05, 4.69) is 31.0 Å². The average Bonchev–Trinajstić information content (AvgIpc) is 2.18. The van der Waals surface area contributed by atoms with Crippen LogP contribution in [0.3, 0.4) is 0 Å². The number of nitrogens with two attached hydrogens (primary N) is 1. The van der Waals surface area contributed by atoms with E-state index in [9.17, 15) is 0 Å². The number of nitrogens with zero attached hydrogens (tertiary/aromatic N) is 1. The van der Waals surface area contributed by atoms with Crippen LogP contribution in [0, 0.1) is 0 Å². The van der Waals surface area contributed by atoms with E-state index < -0.39 is 0 Å². The molecule has 0 radical (unpaired) electrons. The Morgan fingerprint density at radius 1 is 1.20 bits per heavy atom. The Balaban J connectivity index is 3.03. The summed E-state index contributed by atoms with van der Waals surface area (Å²) in [6, 6.07) is 10.5. The molecule has 2 nitrogen and oxygen atoms in total. The first kappa shape index (κ1) is 11.8. The van der Waals surface area contributed by atoms with Gasteiger partial charge in [0.25, 0.3) is 0 Å². The summed E-state index contributed by atoms with van der Waals surface area (Å²) in [5, 5.41) is 0. The summed E-state index contributed by atoms with van der Waals surface area (Å²) in [6.07, 6.45) is 0. The number of rotatable bonds is 3. The second-order valence-corrected chi connectivity index (χ2v) is 4.60. The first-order chi connectivity index (χ1) is 6.94. The zero-order chi connectivity index (χ0) is 11.5. The molecule has 0 heterocycles. The van der Waals surface area contributed by atoms with E-state index in [4.69, 9.17) is 5.73 Å². The zero-order valence-electron chi connectivity index (χ0n) is 9.99. The van der Waals surface area contributed by atoms with Crippen molar-refractivity contribution in [2.75, 3.05) is 0 Å². The predicted molar refractivity (Wildman–Crippen MR) is 66.2 cm³/mol. The normalized spacial score (nSPS) is 13.3. The minimum Gasteiger partial charge on any atom is -0.387 e. The second-order valence-electron chi connectivity index (χ2n) is 4.60. The van der Waals surface area contributed by atoms with E-state index >= 15 is 0 Å². The van der Waals surface area contributed by atoms with Crippen LogP contribution in [0.2, 0.25) is 0 Å². The van der Waals surface area contributed by atoms with Gasteiger partial charge in [-0.2, -0.15) is 0 Å². The van der Waals surface area contributed by atoms with Crippen LogP contribution in [0.25, 0.3) is 0 Å². The lowest BCUT2D eigenvalue weighted by Crippen LogP contribution is -2.36. The van der Waals surface area contributed by atoms with Gasteiger partial charge in [-0.05, 0) is 33.3 Å². The molecule has 0 saturated heterocycles. The van der Waals surface area contributed by atoms with E-state index in [-0.39, 0.29) is 11.5 Å². The summed E-state index contributed by atoms with van der Waals surface area (Å²) >= 11 is 0. The third-order valence-electron chi connectivity index (χ3n) is 2.53. The van der Waals surface area contributed by atoms with E-state index in [1.54, 1.807) is 0 Å². The SMILES string of the molecule is CC(C)N=C(N)C(C)(C)c1ccccc1. The van der Waals surface area contributed by atoms with Crippen LogP contribution in [0.5, 0.6) is 0 Å². The Morgan fingerprint density at radius 3 is 2.20 bits per heavy atom. The number of amidine groups is 1. The molecule has 0 spiro atoms. The molecule has 1 aromatic carbocycles. The molecule has 0 amide bonds. The molecule has 2 N–H and O–H groups in total. The maximum absolute atomic E-state index is 6.03. The van der Waals surface area contributed by atoms with Crippen molar-refractivity contribution in [1.29, 1.82) is 0 Å². The lowest BCUT2D eigenvalue weighted by molar-refractivity contribution is 0.690. The molecule has 2 heteroatoms. The van der Waals surface area contributed by atoms with Gasteiger partial charge in [0.1, 0.15) is 5.84 Å². The summed E-state index contributed by atoms with van der Waals surface area (Å²) in [4.78, 5) is 4.42. The summed E-state index contributed by atoms with van der Waals surface area (Å²) < 4.78 is 0. The third-order valence-corrected chi connectivity index (χ3v) is 2.53. The molecule has 1 rings (SSSR count). The van der Waals surface area contributed by atoms with Crippen LogP contribution in [-0.4, -0.2) is 11.9 Å². The van der Waals surface area contributed by atoms with Crippen LogP contribution >= 0.6 is 0 Å². The Kier molecular flexibility index (Phi) is 3.51. The fraction of sp³-hybridized carbons (Fsp3) is 0.462. The van der Waals surface area contributed by atoms with Crippen molar-refractivity contribution in [3.63, 3.8) is 0 Å². The molecule has 0 bridgehead atoms. The average molecular weight is 204 g/mol. The molecule has 0 unspecified atom stereocenters. The Hall–Kier alpha value is -1.31. The quantitative estimate of drug-likeness (QED) is 0.596. The molecule has 0 saturated carbocycles. The fourth-order valence-corrected chi connectivity index (χ4v) is 1.44. The summed E-state index contributed by atoms with van der Waals surface area (Å²) in [5.41, 5.74) is 7.05. The standard InChI is InChI=1S/C13H20N2/c1-10(2)15-12(14)13(3,4)11-8-6-5-7-9-11/h5-10H,1-4H3,(H2,14,15). The van der Waals surface area contributed by atoms with Crippen molar-refractivity contribution in [1.82, 2.24) is 0 Å². The van der Waals surface area contributed by atoms with E-state index in [0.717, 1.165) is 0 Å². The maximum atomic E-state index is 6.03. The van der Waals surface area contributed by atoms with Crippen LogP contribution in [-0.2, 0) is 5.41 Å². The van der Waals surface area contributed by atoms with Crippen molar-refractivity contribution in [2.24, 2.45) is 10.7 Å². The van der Waals surface area contributed by atoms with Crippen LogP contribution in [0.15, 0.2) is 35.3 Å².